The maximum Gasteiger partial charge on any atom is 0.145 e. The maximum absolute atomic E-state index is 14.2. The molecule has 0 aliphatic heterocycles. The second kappa shape index (κ2) is 6.77. The molecule has 5 heteroatoms. The third-order valence-corrected chi connectivity index (χ3v) is 3.60. The number of rotatable bonds is 6. The van der Waals surface area contributed by atoms with Crippen molar-refractivity contribution in [3.63, 3.8) is 0 Å². The van der Waals surface area contributed by atoms with Gasteiger partial charge >= 0.3 is 0 Å². The van der Waals surface area contributed by atoms with Crippen molar-refractivity contribution in [1.82, 2.24) is 5.32 Å². The Balaban J connectivity index is 3.30. The molecule has 1 aromatic rings. The van der Waals surface area contributed by atoms with Crippen LogP contribution in [0.5, 0.6) is 0 Å². The minimum atomic E-state index is -0.715. The SMILES string of the molecule is CCNC(c1c(F)ccc(Br)c1F)C(C)(C)OCC. The molecule has 1 rings (SSSR count). The van der Waals surface area contributed by atoms with Crippen LogP contribution in [0.2, 0.25) is 0 Å². The van der Waals surface area contributed by atoms with Gasteiger partial charge in [0.15, 0.2) is 0 Å². The molecule has 0 aliphatic rings. The van der Waals surface area contributed by atoms with Crippen molar-refractivity contribution in [3.05, 3.63) is 33.8 Å². The Bertz CT molecular complexity index is 438. The van der Waals surface area contributed by atoms with Crippen LogP contribution in [0.4, 0.5) is 8.78 Å². The Kier molecular flexibility index (Phi) is 5.89. The maximum atomic E-state index is 14.2. The van der Waals surface area contributed by atoms with Gasteiger partial charge in [-0.05, 0) is 55.4 Å². The summed E-state index contributed by atoms with van der Waals surface area (Å²) in [5, 5.41) is 3.11. The van der Waals surface area contributed by atoms with Gasteiger partial charge in [0, 0.05) is 12.2 Å². The van der Waals surface area contributed by atoms with E-state index in [1.807, 2.05) is 27.7 Å². The first-order valence-electron chi connectivity index (χ1n) is 6.35. The largest absolute Gasteiger partial charge is 0.374 e. The summed E-state index contributed by atoms with van der Waals surface area (Å²) in [6, 6.07) is 2.06. The number of likely N-dealkylation sites (N-methyl/N-ethyl adjacent to an activating group) is 1. The van der Waals surface area contributed by atoms with Gasteiger partial charge in [0.25, 0.3) is 0 Å². The van der Waals surface area contributed by atoms with Gasteiger partial charge in [0.2, 0.25) is 0 Å². The Morgan fingerprint density at radius 3 is 2.47 bits per heavy atom. The molecule has 1 N–H and O–H groups in total. The van der Waals surface area contributed by atoms with E-state index in [1.165, 1.54) is 12.1 Å². The van der Waals surface area contributed by atoms with Crippen LogP contribution in [-0.2, 0) is 4.74 Å². The van der Waals surface area contributed by atoms with Crippen LogP contribution < -0.4 is 5.32 Å². The minimum absolute atomic E-state index is 0.00896. The molecule has 0 aromatic heterocycles. The summed E-state index contributed by atoms with van der Waals surface area (Å²) in [7, 11) is 0. The molecular weight excluding hydrogens is 316 g/mol. The van der Waals surface area contributed by atoms with Gasteiger partial charge in [0.1, 0.15) is 11.6 Å². The van der Waals surface area contributed by atoms with Crippen molar-refractivity contribution in [1.29, 1.82) is 0 Å². The standard InChI is InChI=1S/C14H20BrF2NO/c1-5-18-13(14(3,4)19-6-2)11-10(16)8-7-9(15)12(11)17/h7-8,13,18H,5-6H2,1-4H3. The first kappa shape index (κ1) is 16.5. The number of hydrogen-bond donors (Lipinski definition) is 1. The zero-order valence-electron chi connectivity index (χ0n) is 11.7. The van der Waals surface area contributed by atoms with Gasteiger partial charge in [-0.2, -0.15) is 0 Å². The zero-order valence-corrected chi connectivity index (χ0v) is 13.3. The van der Waals surface area contributed by atoms with Crippen molar-refractivity contribution in [2.75, 3.05) is 13.2 Å². The first-order valence-corrected chi connectivity index (χ1v) is 7.15. The fraction of sp³-hybridized carbons (Fsp3) is 0.571. The highest BCUT2D eigenvalue weighted by Gasteiger charge is 2.35. The molecule has 0 heterocycles. The van der Waals surface area contributed by atoms with Crippen molar-refractivity contribution in [3.8, 4) is 0 Å². The van der Waals surface area contributed by atoms with E-state index in [0.29, 0.717) is 13.2 Å². The van der Waals surface area contributed by atoms with Crippen LogP contribution in [0.15, 0.2) is 16.6 Å². The van der Waals surface area contributed by atoms with E-state index in [-0.39, 0.29) is 10.0 Å². The summed E-state index contributed by atoms with van der Waals surface area (Å²) in [6.45, 7) is 8.47. The number of hydrogen-bond acceptors (Lipinski definition) is 2. The van der Waals surface area contributed by atoms with Crippen molar-refractivity contribution in [2.24, 2.45) is 0 Å². The van der Waals surface area contributed by atoms with Gasteiger partial charge in [-0.15, -0.1) is 0 Å². The molecule has 108 valence electrons. The molecule has 0 radical (unpaired) electrons. The molecule has 19 heavy (non-hydrogen) atoms. The summed E-state index contributed by atoms with van der Waals surface area (Å²) < 4.78 is 34.1. The lowest BCUT2D eigenvalue weighted by atomic mass is 9.90. The fourth-order valence-electron chi connectivity index (χ4n) is 2.16. The van der Waals surface area contributed by atoms with Gasteiger partial charge in [-0.25, -0.2) is 8.78 Å². The van der Waals surface area contributed by atoms with E-state index in [4.69, 9.17) is 4.74 Å². The summed E-state index contributed by atoms with van der Waals surface area (Å²) >= 11 is 3.10. The molecule has 2 nitrogen and oxygen atoms in total. The number of ether oxygens (including phenoxy) is 1. The molecule has 1 unspecified atom stereocenters. The van der Waals surface area contributed by atoms with Gasteiger partial charge in [0.05, 0.1) is 16.1 Å². The molecule has 0 saturated carbocycles. The topological polar surface area (TPSA) is 21.3 Å². The molecule has 0 saturated heterocycles. The van der Waals surface area contributed by atoms with Crippen LogP contribution in [0.3, 0.4) is 0 Å². The van der Waals surface area contributed by atoms with E-state index < -0.39 is 23.3 Å². The molecule has 1 aromatic carbocycles. The summed E-state index contributed by atoms with van der Waals surface area (Å²) in [5.41, 5.74) is -0.706. The van der Waals surface area contributed by atoms with Crippen LogP contribution in [-0.4, -0.2) is 18.8 Å². The fourth-order valence-corrected chi connectivity index (χ4v) is 2.51. The highest BCUT2D eigenvalue weighted by molar-refractivity contribution is 9.10. The third kappa shape index (κ3) is 3.74. The van der Waals surface area contributed by atoms with E-state index >= 15 is 0 Å². The Hall–Kier alpha value is -0.520. The van der Waals surface area contributed by atoms with Crippen LogP contribution in [0.1, 0.15) is 39.3 Å². The normalized spacial score (nSPS) is 13.6. The highest BCUT2D eigenvalue weighted by atomic mass is 79.9. The Morgan fingerprint density at radius 1 is 1.32 bits per heavy atom. The number of halogens is 3. The third-order valence-electron chi connectivity index (χ3n) is 2.99. The summed E-state index contributed by atoms with van der Waals surface area (Å²) in [6.07, 6.45) is 0. The quantitative estimate of drug-likeness (QED) is 0.787. The second-order valence-corrected chi connectivity index (χ2v) is 5.64. The van der Waals surface area contributed by atoms with Crippen molar-refractivity contribution >= 4 is 15.9 Å². The number of benzene rings is 1. The van der Waals surface area contributed by atoms with Gasteiger partial charge in [-0.3, -0.25) is 0 Å². The van der Waals surface area contributed by atoms with Crippen LogP contribution in [0.25, 0.3) is 0 Å². The lowest BCUT2D eigenvalue weighted by molar-refractivity contribution is -0.0405. The summed E-state index contributed by atoms with van der Waals surface area (Å²) in [4.78, 5) is 0. The van der Waals surface area contributed by atoms with E-state index in [0.717, 1.165) is 0 Å². The lowest BCUT2D eigenvalue weighted by Crippen LogP contribution is -2.42. The van der Waals surface area contributed by atoms with E-state index in [1.54, 1.807) is 0 Å². The van der Waals surface area contributed by atoms with E-state index in [2.05, 4.69) is 21.2 Å². The predicted molar refractivity (Wildman–Crippen MR) is 76.2 cm³/mol. The van der Waals surface area contributed by atoms with Crippen molar-refractivity contribution < 1.29 is 13.5 Å². The van der Waals surface area contributed by atoms with Gasteiger partial charge < -0.3 is 10.1 Å². The predicted octanol–water partition coefficient (Wildman–Crippen LogP) is 4.19. The Morgan fingerprint density at radius 2 is 1.95 bits per heavy atom. The molecule has 0 spiro atoms. The molecule has 0 bridgehead atoms. The van der Waals surface area contributed by atoms with Crippen LogP contribution >= 0.6 is 15.9 Å². The smallest absolute Gasteiger partial charge is 0.145 e. The average Bonchev–Trinajstić information content (AvgIpc) is 2.33. The van der Waals surface area contributed by atoms with E-state index in [9.17, 15) is 8.78 Å². The molecular formula is C14H20BrF2NO. The average molecular weight is 336 g/mol. The molecule has 0 aliphatic carbocycles. The van der Waals surface area contributed by atoms with Crippen molar-refractivity contribution in [2.45, 2.75) is 39.3 Å². The minimum Gasteiger partial charge on any atom is -0.374 e. The highest BCUT2D eigenvalue weighted by Crippen LogP contribution is 2.34. The van der Waals surface area contributed by atoms with Crippen LogP contribution in [0, 0.1) is 11.6 Å². The van der Waals surface area contributed by atoms with Gasteiger partial charge in [-0.1, -0.05) is 6.92 Å². The lowest BCUT2D eigenvalue weighted by Gasteiger charge is -2.35. The number of nitrogens with one attached hydrogen (secondary N) is 1. The monoisotopic (exact) mass is 335 g/mol. The zero-order chi connectivity index (χ0) is 14.6. The molecule has 0 amide bonds. The molecule has 1 atom stereocenters. The Labute approximate surface area is 121 Å². The molecule has 0 fully saturated rings. The summed E-state index contributed by atoms with van der Waals surface area (Å²) in [5.74, 6) is -1.15. The first-order chi connectivity index (χ1) is 8.85. The second-order valence-electron chi connectivity index (χ2n) is 4.78.